The molecule has 0 aliphatic rings. The number of nitrogens with zero attached hydrogens (tertiary/aromatic N) is 3. The summed E-state index contributed by atoms with van der Waals surface area (Å²) in [6, 6.07) is 5.26. The van der Waals surface area contributed by atoms with Gasteiger partial charge in [0.25, 0.3) is 0 Å². The van der Waals surface area contributed by atoms with Crippen LogP contribution in [0.25, 0.3) is 22.4 Å². The third kappa shape index (κ3) is 1.87. The lowest BCUT2D eigenvalue weighted by Gasteiger charge is -2.05. The number of aromatic nitrogens is 3. The average Bonchev–Trinajstić information content (AvgIpc) is 2.75. The van der Waals surface area contributed by atoms with Gasteiger partial charge in [0.2, 0.25) is 0 Å². The quantitative estimate of drug-likeness (QED) is 0.681. The van der Waals surface area contributed by atoms with Gasteiger partial charge < -0.3 is 4.57 Å². The molecule has 2 aromatic heterocycles. The van der Waals surface area contributed by atoms with E-state index >= 15 is 0 Å². The summed E-state index contributed by atoms with van der Waals surface area (Å²) in [6.07, 6.45) is 2.90. The van der Waals surface area contributed by atoms with Crippen molar-refractivity contribution in [1.82, 2.24) is 14.5 Å². The third-order valence-electron chi connectivity index (χ3n) is 3.14. The van der Waals surface area contributed by atoms with E-state index in [2.05, 4.69) is 9.97 Å². The summed E-state index contributed by atoms with van der Waals surface area (Å²) in [5.74, 6) is -0.195. The molecule has 0 saturated carbocycles. The van der Waals surface area contributed by atoms with E-state index in [9.17, 15) is 9.18 Å². The van der Waals surface area contributed by atoms with E-state index in [4.69, 9.17) is 11.6 Å². The number of pyridine rings is 1. The van der Waals surface area contributed by atoms with Crippen LogP contribution in [0.3, 0.4) is 0 Å². The Morgan fingerprint density at radius 2 is 2.15 bits per heavy atom. The second-order valence-electron chi connectivity index (χ2n) is 4.33. The molecule has 100 valence electrons. The van der Waals surface area contributed by atoms with Gasteiger partial charge in [-0.2, -0.15) is 0 Å². The maximum Gasteiger partial charge on any atom is 0.153 e. The smallest absolute Gasteiger partial charge is 0.153 e. The highest BCUT2D eigenvalue weighted by Crippen LogP contribution is 2.27. The van der Waals surface area contributed by atoms with E-state index < -0.39 is 5.82 Å². The summed E-state index contributed by atoms with van der Waals surface area (Å²) < 4.78 is 15.4. The Morgan fingerprint density at radius 1 is 1.35 bits per heavy atom. The van der Waals surface area contributed by atoms with Gasteiger partial charge in [-0.25, -0.2) is 9.37 Å². The molecular weight excluding hydrogens is 281 g/mol. The largest absolute Gasteiger partial charge is 0.327 e. The van der Waals surface area contributed by atoms with Gasteiger partial charge in [0, 0.05) is 23.8 Å². The Morgan fingerprint density at radius 3 is 2.90 bits per heavy atom. The summed E-state index contributed by atoms with van der Waals surface area (Å²) >= 11 is 5.96. The van der Waals surface area contributed by atoms with Crippen LogP contribution in [-0.2, 0) is 7.05 Å². The monoisotopic (exact) mass is 289 g/mol. The Kier molecular flexibility index (Phi) is 2.99. The zero-order valence-electron chi connectivity index (χ0n) is 10.5. The second kappa shape index (κ2) is 4.68. The Balaban J connectivity index is 2.33. The number of fused-ring (bicyclic) bond motifs is 1. The van der Waals surface area contributed by atoms with E-state index in [1.54, 1.807) is 29.8 Å². The van der Waals surface area contributed by atoms with Crippen LogP contribution in [0.2, 0.25) is 5.02 Å². The van der Waals surface area contributed by atoms with Crippen molar-refractivity contribution in [1.29, 1.82) is 0 Å². The molecule has 3 rings (SSSR count). The molecule has 0 saturated heterocycles. The highest BCUT2D eigenvalue weighted by Gasteiger charge is 2.16. The first-order chi connectivity index (χ1) is 9.61. The maximum atomic E-state index is 13.6. The molecule has 3 aromatic rings. The van der Waals surface area contributed by atoms with Gasteiger partial charge in [0.05, 0.1) is 22.8 Å². The maximum absolute atomic E-state index is 13.6. The number of carbonyl (C=O) groups is 1. The number of hydrogen-bond donors (Lipinski definition) is 0. The molecule has 0 amide bonds. The van der Waals surface area contributed by atoms with Gasteiger partial charge in [-0.15, -0.1) is 0 Å². The molecule has 0 spiro atoms. The first kappa shape index (κ1) is 12.7. The van der Waals surface area contributed by atoms with E-state index in [1.165, 1.54) is 6.20 Å². The molecule has 0 radical (unpaired) electrons. The fourth-order valence-electron chi connectivity index (χ4n) is 2.15. The summed E-state index contributed by atoms with van der Waals surface area (Å²) in [4.78, 5) is 19.3. The minimum atomic E-state index is -0.664. The molecule has 0 atom stereocenters. The van der Waals surface area contributed by atoms with Crippen molar-refractivity contribution in [2.24, 2.45) is 7.05 Å². The minimum absolute atomic E-state index is 0.0514. The molecule has 20 heavy (non-hydrogen) atoms. The Hall–Kier alpha value is -2.27. The SMILES string of the molecule is Cn1c(-c2cncc(F)c2C=O)nc2ccc(Cl)cc21. The first-order valence-electron chi connectivity index (χ1n) is 5.83. The molecular formula is C14H9ClFN3O. The highest BCUT2D eigenvalue weighted by atomic mass is 35.5. The van der Waals surface area contributed by atoms with E-state index in [1.807, 2.05) is 0 Å². The summed E-state index contributed by atoms with van der Waals surface area (Å²) in [6.45, 7) is 0. The average molecular weight is 290 g/mol. The lowest BCUT2D eigenvalue weighted by atomic mass is 10.1. The number of rotatable bonds is 2. The van der Waals surface area contributed by atoms with E-state index in [0.717, 1.165) is 11.7 Å². The van der Waals surface area contributed by atoms with Gasteiger partial charge >= 0.3 is 0 Å². The molecule has 4 nitrogen and oxygen atoms in total. The van der Waals surface area contributed by atoms with Crippen molar-refractivity contribution < 1.29 is 9.18 Å². The molecule has 0 N–H and O–H groups in total. The number of aldehydes is 1. The van der Waals surface area contributed by atoms with Crippen molar-refractivity contribution in [2.75, 3.05) is 0 Å². The van der Waals surface area contributed by atoms with Gasteiger partial charge in [0.15, 0.2) is 12.1 Å². The van der Waals surface area contributed by atoms with Crippen LogP contribution in [0.1, 0.15) is 10.4 Å². The lowest BCUT2D eigenvalue weighted by Crippen LogP contribution is -1.99. The van der Waals surface area contributed by atoms with Crippen LogP contribution in [0.4, 0.5) is 4.39 Å². The number of carbonyl (C=O) groups excluding carboxylic acids is 1. The molecule has 6 heteroatoms. The zero-order chi connectivity index (χ0) is 14.3. The van der Waals surface area contributed by atoms with Crippen molar-refractivity contribution in [3.8, 4) is 11.4 Å². The molecule has 2 heterocycles. The van der Waals surface area contributed by atoms with Gasteiger partial charge in [0.1, 0.15) is 5.82 Å². The second-order valence-corrected chi connectivity index (χ2v) is 4.76. The molecule has 1 aromatic carbocycles. The van der Waals surface area contributed by atoms with E-state index in [-0.39, 0.29) is 5.56 Å². The lowest BCUT2D eigenvalue weighted by molar-refractivity contribution is 0.112. The zero-order valence-corrected chi connectivity index (χ0v) is 11.2. The summed E-state index contributed by atoms with van der Waals surface area (Å²) in [5, 5.41) is 0.583. The molecule has 0 bridgehead atoms. The predicted molar refractivity (Wildman–Crippen MR) is 74.3 cm³/mol. The summed E-state index contributed by atoms with van der Waals surface area (Å²) in [7, 11) is 1.78. The van der Waals surface area contributed by atoms with Gasteiger partial charge in [-0.05, 0) is 18.2 Å². The molecule has 0 aliphatic heterocycles. The third-order valence-corrected chi connectivity index (χ3v) is 3.38. The van der Waals surface area contributed by atoms with Gasteiger partial charge in [-0.3, -0.25) is 9.78 Å². The molecule has 0 unspecified atom stereocenters. The number of benzene rings is 1. The van der Waals surface area contributed by atoms with Crippen LogP contribution in [0.15, 0.2) is 30.6 Å². The molecule has 0 aliphatic carbocycles. The van der Waals surface area contributed by atoms with Crippen LogP contribution < -0.4 is 0 Å². The van der Waals surface area contributed by atoms with Gasteiger partial charge in [-0.1, -0.05) is 11.6 Å². The minimum Gasteiger partial charge on any atom is -0.327 e. The Labute approximate surface area is 118 Å². The van der Waals surface area contributed by atoms with Crippen molar-refractivity contribution in [2.45, 2.75) is 0 Å². The van der Waals surface area contributed by atoms with Crippen LogP contribution in [0, 0.1) is 5.82 Å². The highest BCUT2D eigenvalue weighted by molar-refractivity contribution is 6.31. The first-order valence-corrected chi connectivity index (χ1v) is 6.20. The summed E-state index contributed by atoms with van der Waals surface area (Å²) in [5.41, 5.74) is 1.82. The van der Waals surface area contributed by atoms with Crippen molar-refractivity contribution >= 4 is 28.9 Å². The van der Waals surface area contributed by atoms with Crippen molar-refractivity contribution in [3.63, 3.8) is 0 Å². The topological polar surface area (TPSA) is 47.8 Å². The number of imidazole rings is 1. The number of halogens is 2. The van der Waals surface area contributed by atoms with Crippen LogP contribution in [0.5, 0.6) is 0 Å². The number of hydrogen-bond acceptors (Lipinski definition) is 3. The van der Waals surface area contributed by atoms with E-state index in [0.29, 0.717) is 28.2 Å². The predicted octanol–water partition coefficient (Wildman–Crippen LogP) is 3.24. The van der Waals surface area contributed by atoms with Crippen LogP contribution in [-0.4, -0.2) is 20.8 Å². The Bertz CT molecular complexity index is 829. The molecule has 0 fully saturated rings. The fourth-order valence-corrected chi connectivity index (χ4v) is 2.31. The standard InChI is InChI=1S/C14H9ClFN3O/c1-19-13-4-8(15)2-3-12(13)18-14(19)9-5-17-6-11(16)10(9)7-20/h2-7H,1H3. The normalized spacial score (nSPS) is 10.9. The fraction of sp³-hybridized carbons (Fsp3) is 0.0714. The number of aryl methyl sites for hydroxylation is 1. The van der Waals surface area contributed by atoms with Crippen LogP contribution >= 0.6 is 11.6 Å². The van der Waals surface area contributed by atoms with Crippen molar-refractivity contribution in [3.05, 3.63) is 47.0 Å².